The second kappa shape index (κ2) is 8.79. The Balaban J connectivity index is 1.35. The van der Waals surface area contributed by atoms with Crippen LogP contribution in [0.15, 0.2) is 35.5 Å². The van der Waals surface area contributed by atoms with Gasteiger partial charge in [0, 0.05) is 55.0 Å². The number of allylic oxidation sites excluding steroid dienone is 1. The van der Waals surface area contributed by atoms with Gasteiger partial charge in [-0.05, 0) is 31.3 Å². The Morgan fingerprint density at radius 1 is 1.17 bits per heavy atom. The minimum Gasteiger partial charge on any atom is -0.379 e. The van der Waals surface area contributed by atoms with Gasteiger partial charge in [-0.2, -0.15) is 0 Å². The van der Waals surface area contributed by atoms with Crippen molar-refractivity contribution < 1.29 is 4.74 Å². The van der Waals surface area contributed by atoms with Gasteiger partial charge in [-0.25, -0.2) is 9.97 Å². The van der Waals surface area contributed by atoms with E-state index in [-0.39, 0.29) is 6.17 Å². The maximum absolute atomic E-state index is 5.89. The lowest BCUT2D eigenvalue weighted by Gasteiger charge is -2.39. The van der Waals surface area contributed by atoms with E-state index in [1.807, 2.05) is 18.5 Å². The second-order valence-corrected chi connectivity index (χ2v) is 8.49. The largest absolute Gasteiger partial charge is 0.379 e. The average Bonchev–Trinajstić information content (AvgIpc) is 2.80. The van der Waals surface area contributed by atoms with Gasteiger partial charge in [0.1, 0.15) is 6.17 Å². The van der Waals surface area contributed by atoms with Gasteiger partial charge in [0.15, 0.2) is 0 Å². The number of para-hydroxylation sites is 1. The van der Waals surface area contributed by atoms with Crippen molar-refractivity contribution in [3.8, 4) is 0 Å². The number of hydrogen-bond acceptors (Lipinski definition) is 7. The summed E-state index contributed by atoms with van der Waals surface area (Å²) < 4.78 is 5.52. The second-order valence-electron chi connectivity index (χ2n) is 8.49. The molecule has 158 valence electrons. The molecule has 2 aromatic rings. The summed E-state index contributed by atoms with van der Waals surface area (Å²) >= 11 is 0. The Kier molecular flexibility index (Phi) is 5.75. The minimum absolute atomic E-state index is 0.138. The van der Waals surface area contributed by atoms with Crippen molar-refractivity contribution in [3.63, 3.8) is 0 Å². The van der Waals surface area contributed by atoms with Crippen LogP contribution in [0.25, 0.3) is 16.5 Å². The first kappa shape index (κ1) is 19.6. The number of nitrogens with one attached hydrogen (secondary N) is 1. The molecule has 5 rings (SSSR count). The van der Waals surface area contributed by atoms with Crippen molar-refractivity contribution in [2.24, 2.45) is 10.7 Å². The minimum atomic E-state index is -0.138. The first-order valence-corrected chi connectivity index (χ1v) is 11.1. The third-order valence-corrected chi connectivity index (χ3v) is 6.45. The predicted molar refractivity (Wildman–Crippen MR) is 121 cm³/mol. The van der Waals surface area contributed by atoms with E-state index in [4.69, 9.17) is 15.5 Å². The van der Waals surface area contributed by atoms with Crippen molar-refractivity contribution >= 4 is 28.6 Å². The quantitative estimate of drug-likeness (QED) is 0.812. The fourth-order valence-corrected chi connectivity index (χ4v) is 4.83. The van der Waals surface area contributed by atoms with Gasteiger partial charge < -0.3 is 15.8 Å². The lowest BCUT2D eigenvalue weighted by molar-refractivity contribution is 0.00750. The summed E-state index contributed by atoms with van der Waals surface area (Å²) in [5.41, 5.74) is 9.02. The van der Waals surface area contributed by atoms with E-state index in [1.54, 1.807) is 0 Å². The van der Waals surface area contributed by atoms with E-state index < -0.39 is 0 Å². The van der Waals surface area contributed by atoms with Crippen LogP contribution in [-0.4, -0.2) is 65.6 Å². The van der Waals surface area contributed by atoms with Gasteiger partial charge in [-0.1, -0.05) is 24.3 Å². The Morgan fingerprint density at radius 2 is 2.07 bits per heavy atom. The highest BCUT2D eigenvalue weighted by molar-refractivity contribution is 6.14. The number of morpholine rings is 1. The molecule has 1 aliphatic carbocycles. The van der Waals surface area contributed by atoms with Crippen LogP contribution in [0.1, 0.15) is 37.7 Å². The molecular formula is C23H30N6O. The molecule has 1 saturated carbocycles. The first-order chi connectivity index (χ1) is 14.8. The number of aliphatic imine (C=N–C) groups is 1. The fraction of sp³-hybridized carbons (Fsp3) is 0.522. The molecule has 30 heavy (non-hydrogen) atoms. The van der Waals surface area contributed by atoms with E-state index in [0.717, 1.165) is 61.2 Å². The van der Waals surface area contributed by atoms with Crippen LogP contribution in [0.5, 0.6) is 0 Å². The van der Waals surface area contributed by atoms with Gasteiger partial charge in [-0.3, -0.25) is 9.89 Å². The van der Waals surface area contributed by atoms with Crippen LogP contribution in [0.2, 0.25) is 0 Å². The number of dihydropyridines is 1. The lowest BCUT2D eigenvalue weighted by atomic mass is 9.90. The molecule has 0 spiro atoms. The summed E-state index contributed by atoms with van der Waals surface area (Å²) in [5, 5.41) is 4.66. The normalized spacial score (nSPS) is 27.8. The molecule has 3 aliphatic rings. The number of fused-ring (bicyclic) bond motifs is 1. The highest BCUT2D eigenvalue weighted by Gasteiger charge is 2.28. The van der Waals surface area contributed by atoms with E-state index in [1.165, 1.54) is 19.3 Å². The molecule has 1 aromatic heterocycles. The van der Waals surface area contributed by atoms with Crippen molar-refractivity contribution in [1.29, 1.82) is 0 Å². The van der Waals surface area contributed by atoms with Crippen LogP contribution < -0.4 is 11.1 Å². The van der Waals surface area contributed by atoms with E-state index in [0.29, 0.717) is 18.0 Å². The van der Waals surface area contributed by atoms with Gasteiger partial charge in [0.2, 0.25) is 5.95 Å². The molecule has 7 nitrogen and oxygen atoms in total. The zero-order chi connectivity index (χ0) is 20.3. The van der Waals surface area contributed by atoms with Crippen LogP contribution in [0.3, 0.4) is 0 Å². The number of nitrogens with two attached hydrogens (primary N) is 1. The average molecular weight is 407 g/mol. The number of benzene rings is 1. The van der Waals surface area contributed by atoms with Crippen molar-refractivity contribution in [3.05, 3.63) is 36.0 Å². The maximum Gasteiger partial charge on any atom is 0.223 e. The Hall–Kier alpha value is -2.35. The van der Waals surface area contributed by atoms with Crippen molar-refractivity contribution in [2.45, 2.75) is 50.4 Å². The van der Waals surface area contributed by atoms with Crippen LogP contribution in [0, 0.1) is 0 Å². The predicted octanol–water partition coefficient (Wildman–Crippen LogP) is 2.83. The molecule has 0 amide bonds. The molecule has 3 N–H and O–H groups in total. The summed E-state index contributed by atoms with van der Waals surface area (Å²) in [6.07, 6.45) is 11.4. The Labute approximate surface area is 177 Å². The molecule has 3 atom stereocenters. The van der Waals surface area contributed by atoms with Gasteiger partial charge in [0.05, 0.1) is 18.7 Å². The number of anilines is 1. The Bertz CT molecular complexity index is 952. The van der Waals surface area contributed by atoms with Crippen LogP contribution in [-0.2, 0) is 4.74 Å². The molecule has 0 radical (unpaired) electrons. The number of aromatic nitrogens is 2. The summed E-state index contributed by atoms with van der Waals surface area (Å²) in [6.45, 7) is 3.81. The third kappa shape index (κ3) is 4.24. The lowest BCUT2D eigenvalue weighted by Crippen LogP contribution is -2.47. The standard InChI is InChI=1S/C23H30N6O/c24-21-8-7-16(14-25-21)20-6-1-3-17-15-26-23(28-22(17)20)27-18-4-2-5-19(13-18)29-9-11-30-12-10-29/h1,3,6-7,14-15,18-19,21H,2,4-5,8-13,24H2,(H,26,27,28). The highest BCUT2D eigenvalue weighted by atomic mass is 16.5. The molecule has 2 fully saturated rings. The molecule has 3 heterocycles. The van der Waals surface area contributed by atoms with Crippen LogP contribution >= 0.6 is 0 Å². The van der Waals surface area contributed by atoms with Crippen molar-refractivity contribution in [2.75, 3.05) is 31.6 Å². The number of hydrogen-bond donors (Lipinski definition) is 2. The summed E-state index contributed by atoms with van der Waals surface area (Å²) in [5.74, 6) is 0.715. The third-order valence-electron chi connectivity index (χ3n) is 6.45. The molecule has 0 bridgehead atoms. The molecule has 3 unspecified atom stereocenters. The number of ether oxygens (including phenoxy) is 1. The number of nitrogens with zero attached hydrogens (tertiary/aromatic N) is 4. The van der Waals surface area contributed by atoms with Gasteiger partial charge in [-0.15, -0.1) is 0 Å². The maximum atomic E-state index is 5.89. The van der Waals surface area contributed by atoms with E-state index >= 15 is 0 Å². The smallest absolute Gasteiger partial charge is 0.223 e. The topological polar surface area (TPSA) is 88.7 Å². The van der Waals surface area contributed by atoms with Gasteiger partial charge >= 0.3 is 0 Å². The zero-order valence-corrected chi connectivity index (χ0v) is 17.3. The highest BCUT2D eigenvalue weighted by Crippen LogP contribution is 2.28. The van der Waals surface area contributed by atoms with E-state index in [9.17, 15) is 0 Å². The molecule has 2 aliphatic heterocycles. The molecule has 1 aromatic carbocycles. The van der Waals surface area contributed by atoms with Crippen LogP contribution in [0.4, 0.5) is 5.95 Å². The molecule has 7 heteroatoms. The van der Waals surface area contributed by atoms with E-state index in [2.05, 4.69) is 38.4 Å². The summed E-state index contributed by atoms with van der Waals surface area (Å²) in [6, 6.07) is 7.24. The zero-order valence-electron chi connectivity index (χ0n) is 17.3. The molecule has 1 saturated heterocycles. The monoisotopic (exact) mass is 406 g/mol. The Morgan fingerprint density at radius 3 is 2.90 bits per heavy atom. The summed E-state index contributed by atoms with van der Waals surface area (Å²) in [7, 11) is 0. The summed E-state index contributed by atoms with van der Waals surface area (Å²) in [4.78, 5) is 16.5. The van der Waals surface area contributed by atoms with Gasteiger partial charge in [0.25, 0.3) is 0 Å². The fourth-order valence-electron chi connectivity index (χ4n) is 4.83. The SMILES string of the molecule is NC1CC=C(c2cccc3cnc(NC4CCCC(N5CCOCC5)C4)nc23)C=N1. The first-order valence-electron chi connectivity index (χ1n) is 11.1. The molecular weight excluding hydrogens is 376 g/mol. The van der Waals surface area contributed by atoms with Crippen molar-refractivity contribution in [1.82, 2.24) is 14.9 Å². The number of rotatable bonds is 4.